The number of nitrogens with one attached hydrogen (secondary N) is 1. The first-order valence-corrected chi connectivity index (χ1v) is 10.8. The Kier molecular flexibility index (Phi) is 6.67. The summed E-state index contributed by atoms with van der Waals surface area (Å²) in [4.78, 5) is 13.6. The smallest absolute Gasteiger partial charge is 0.319 e. The van der Waals surface area contributed by atoms with Crippen LogP contribution in [0.5, 0.6) is 0 Å². The fraction of sp³-hybridized carbons (Fsp3) is 0.263. The number of hydrogen-bond donors (Lipinski definition) is 2. The zero-order valence-electron chi connectivity index (χ0n) is 15.3. The quantitative estimate of drug-likeness (QED) is 0.197. The molecule has 0 aliphatic rings. The van der Waals surface area contributed by atoms with Gasteiger partial charge in [0.15, 0.2) is 14.0 Å². The maximum Gasteiger partial charge on any atom is 0.319 e. The number of carbonyl (C=O) groups is 1. The molecule has 28 heavy (non-hydrogen) atoms. The maximum absolute atomic E-state index is 12.0. The van der Waals surface area contributed by atoms with E-state index in [0.29, 0.717) is 17.0 Å². The summed E-state index contributed by atoms with van der Waals surface area (Å²) in [6, 6.07) is 9.44. The summed E-state index contributed by atoms with van der Waals surface area (Å²) in [5, 5.41) is 7.89. The Morgan fingerprint density at radius 2 is 2.29 bits per heavy atom. The number of thioether (sulfide) groups is 1. The molecule has 6 nitrogen and oxygen atoms in total. The second-order valence-electron chi connectivity index (χ2n) is 6.08. The first-order chi connectivity index (χ1) is 13.5. The molecular weight excluding hydrogens is 410 g/mol. The van der Waals surface area contributed by atoms with Crippen molar-refractivity contribution in [2.75, 3.05) is 17.2 Å². The maximum atomic E-state index is 12.0. The zero-order valence-corrected chi connectivity index (χ0v) is 17.8. The predicted molar refractivity (Wildman–Crippen MR) is 117 cm³/mol. The van der Waals surface area contributed by atoms with Crippen molar-refractivity contribution in [3.05, 3.63) is 40.0 Å². The Morgan fingerprint density at radius 3 is 2.96 bits per heavy atom. The number of pyridine rings is 1. The molecule has 3 rings (SSSR count). The van der Waals surface area contributed by atoms with E-state index in [1.54, 1.807) is 16.7 Å². The number of rotatable bonds is 7. The number of H-pyrrole nitrogens is 1. The van der Waals surface area contributed by atoms with Gasteiger partial charge in [-0.05, 0) is 42.8 Å². The van der Waals surface area contributed by atoms with Crippen molar-refractivity contribution in [3.63, 3.8) is 0 Å². The van der Waals surface area contributed by atoms with Gasteiger partial charge in [-0.3, -0.25) is 10.00 Å². The van der Waals surface area contributed by atoms with E-state index in [1.807, 2.05) is 37.3 Å². The highest BCUT2D eigenvalue weighted by Crippen LogP contribution is 2.23. The van der Waals surface area contributed by atoms with Crippen LogP contribution in [-0.4, -0.2) is 28.5 Å². The number of aromatic amines is 1. The van der Waals surface area contributed by atoms with Crippen LogP contribution in [-0.2, 0) is 6.54 Å². The van der Waals surface area contributed by atoms with Crippen LogP contribution < -0.4 is 15.2 Å². The fourth-order valence-corrected chi connectivity index (χ4v) is 4.98. The van der Waals surface area contributed by atoms with Gasteiger partial charge < -0.3 is 5.73 Å². The Balaban J connectivity index is 1.75. The molecule has 0 saturated heterocycles. The second-order valence-corrected chi connectivity index (χ2v) is 9.09. The topological polar surface area (TPSA) is 78.9 Å². The number of nitrogens with zero attached hydrogens (tertiary/aromatic N) is 3. The van der Waals surface area contributed by atoms with Crippen molar-refractivity contribution in [2.45, 2.75) is 24.2 Å². The standard InChI is InChI=1S/C19H19N5OS3/c1-3-9-23-13(2)5-6-14-12-15(7-8-16(14)23)24(17(20)25)10-4-11-27-19-22-21-18(26)28-19/h1,5-8,12H,4,9-11H2,2H3,(H2-,20,21,25,26)/p+1. The first-order valence-electron chi connectivity index (χ1n) is 8.61. The van der Waals surface area contributed by atoms with Crippen molar-refractivity contribution in [3.8, 4) is 12.3 Å². The molecule has 0 atom stereocenters. The van der Waals surface area contributed by atoms with Gasteiger partial charge in [-0.15, -0.1) is 6.42 Å². The molecule has 2 amide bonds. The van der Waals surface area contributed by atoms with Crippen LogP contribution >= 0.6 is 35.3 Å². The van der Waals surface area contributed by atoms with Gasteiger partial charge >= 0.3 is 6.03 Å². The van der Waals surface area contributed by atoms with Gasteiger partial charge in [0, 0.05) is 42.4 Å². The molecule has 1 aromatic carbocycles. The molecule has 9 heteroatoms. The molecular formula is C19H20N5OS3+. The van der Waals surface area contributed by atoms with Gasteiger partial charge in [0.25, 0.3) is 0 Å². The molecule has 3 N–H and O–H groups in total. The van der Waals surface area contributed by atoms with Crippen LogP contribution in [0.15, 0.2) is 34.7 Å². The third-order valence-corrected chi connectivity index (χ3v) is 6.55. The average molecular weight is 431 g/mol. The summed E-state index contributed by atoms with van der Waals surface area (Å²) in [6.07, 6.45) is 6.28. The van der Waals surface area contributed by atoms with Crippen LogP contribution in [0.25, 0.3) is 10.9 Å². The van der Waals surface area contributed by atoms with E-state index in [2.05, 4.69) is 20.7 Å². The van der Waals surface area contributed by atoms with E-state index in [4.69, 9.17) is 24.4 Å². The molecule has 0 fully saturated rings. The van der Waals surface area contributed by atoms with E-state index in [9.17, 15) is 4.79 Å². The molecule has 2 aromatic heterocycles. The van der Waals surface area contributed by atoms with Crippen molar-refractivity contribution in [2.24, 2.45) is 5.73 Å². The highest BCUT2D eigenvalue weighted by Gasteiger charge is 2.16. The van der Waals surface area contributed by atoms with Gasteiger partial charge in [-0.2, -0.15) is 9.67 Å². The van der Waals surface area contributed by atoms with E-state index in [-0.39, 0.29) is 0 Å². The molecule has 3 aromatic rings. The molecule has 144 valence electrons. The highest BCUT2D eigenvalue weighted by atomic mass is 32.2. The number of benzene rings is 1. The Labute approximate surface area is 176 Å². The summed E-state index contributed by atoms with van der Waals surface area (Å²) in [7, 11) is 0. The van der Waals surface area contributed by atoms with Gasteiger partial charge in [0.1, 0.15) is 0 Å². The van der Waals surface area contributed by atoms with Crippen LogP contribution in [0.3, 0.4) is 0 Å². The van der Waals surface area contributed by atoms with Crippen molar-refractivity contribution >= 4 is 57.9 Å². The molecule has 0 bridgehead atoms. The lowest BCUT2D eigenvalue weighted by Crippen LogP contribution is -2.38. The number of fused-ring (bicyclic) bond motifs is 1. The Hall–Kier alpha value is -2.41. The molecule has 0 aliphatic heterocycles. The number of nitrogens with two attached hydrogens (primary N) is 1. The number of amides is 2. The molecule has 0 radical (unpaired) electrons. The van der Waals surface area contributed by atoms with Crippen molar-refractivity contribution in [1.29, 1.82) is 0 Å². The minimum Gasteiger partial charge on any atom is -0.351 e. The van der Waals surface area contributed by atoms with E-state index in [1.165, 1.54) is 11.3 Å². The summed E-state index contributed by atoms with van der Waals surface area (Å²) >= 11 is 8.09. The third kappa shape index (κ3) is 4.70. The van der Waals surface area contributed by atoms with Gasteiger partial charge in [0.05, 0.1) is 0 Å². The highest BCUT2D eigenvalue weighted by molar-refractivity contribution is 8.01. The van der Waals surface area contributed by atoms with Gasteiger partial charge in [0.2, 0.25) is 12.1 Å². The number of anilines is 1. The van der Waals surface area contributed by atoms with E-state index >= 15 is 0 Å². The Bertz CT molecular complexity index is 1100. The SMILES string of the molecule is C#CC[n+]1c(C)ccc2cc(N(CCCSc3n[nH]c(=S)s3)C(N)=O)ccc21. The normalized spacial score (nSPS) is 10.7. The predicted octanol–water partition coefficient (Wildman–Crippen LogP) is 3.65. The van der Waals surface area contributed by atoms with Crippen molar-refractivity contribution < 1.29 is 9.36 Å². The summed E-state index contributed by atoms with van der Waals surface area (Å²) in [5.74, 6) is 3.50. The number of aryl methyl sites for hydroxylation is 1. The number of carbonyl (C=O) groups excluding carboxylic acids is 1. The molecule has 0 saturated carbocycles. The number of terminal acetylenes is 1. The number of urea groups is 1. The summed E-state index contributed by atoms with van der Waals surface area (Å²) < 4.78 is 3.63. The van der Waals surface area contributed by atoms with Crippen molar-refractivity contribution in [1.82, 2.24) is 10.2 Å². The van der Waals surface area contributed by atoms with Crippen LogP contribution in [0, 0.1) is 23.2 Å². The summed E-state index contributed by atoms with van der Waals surface area (Å²) in [5.41, 5.74) is 8.52. The van der Waals surface area contributed by atoms with Gasteiger partial charge in [-0.25, -0.2) is 4.79 Å². The monoisotopic (exact) mass is 430 g/mol. The first kappa shape index (κ1) is 20.3. The molecule has 0 spiro atoms. The molecule has 2 heterocycles. The number of primary amides is 1. The Morgan fingerprint density at radius 1 is 1.46 bits per heavy atom. The third-order valence-electron chi connectivity index (χ3n) is 4.23. The largest absolute Gasteiger partial charge is 0.351 e. The minimum absolute atomic E-state index is 0.469. The van der Waals surface area contributed by atoms with Gasteiger partial charge in [-0.1, -0.05) is 23.1 Å². The number of hydrogen-bond acceptors (Lipinski definition) is 5. The lowest BCUT2D eigenvalue weighted by atomic mass is 10.1. The average Bonchev–Trinajstić information content (AvgIpc) is 3.08. The lowest BCUT2D eigenvalue weighted by molar-refractivity contribution is -0.664. The zero-order chi connectivity index (χ0) is 20.1. The number of aromatic nitrogens is 3. The molecule has 0 aliphatic carbocycles. The van der Waals surface area contributed by atoms with E-state index < -0.39 is 6.03 Å². The molecule has 0 unspecified atom stereocenters. The second kappa shape index (κ2) is 9.19. The van der Waals surface area contributed by atoms with Crippen LogP contribution in [0.1, 0.15) is 12.1 Å². The minimum atomic E-state index is -0.469. The fourth-order valence-electron chi connectivity index (χ4n) is 2.91. The summed E-state index contributed by atoms with van der Waals surface area (Å²) in [6.45, 7) is 3.05. The lowest BCUT2D eigenvalue weighted by Gasteiger charge is -2.20. The van der Waals surface area contributed by atoms with E-state index in [0.717, 1.165) is 38.8 Å². The van der Waals surface area contributed by atoms with Crippen LogP contribution in [0.4, 0.5) is 10.5 Å². The van der Waals surface area contributed by atoms with Crippen LogP contribution in [0.2, 0.25) is 0 Å².